The predicted octanol–water partition coefficient (Wildman–Crippen LogP) is 4.51. The lowest BCUT2D eigenvalue weighted by molar-refractivity contribution is -0.178. The molecule has 1 aliphatic heterocycles. The Morgan fingerprint density at radius 2 is 2.04 bits per heavy atom. The Morgan fingerprint density at radius 3 is 2.62 bits per heavy atom. The van der Waals surface area contributed by atoms with E-state index in [4.69, 9.17) is 9.47 Å². The van der Waals surface area contributed by atoms with E-state index in [-0.39, 0.29) is 18.1 Å². The standard InChI is InChI=1S/C21H30O3/c1-7-23-20-18-15(12(2)3)9-8-14(6)17(18)19-16(24-20)10-11-21(19,22)13(4)5/h15,17-18,20,22H,2,4,6-11H2,1,3,5H3/t15-,17-,18-,20+,21?/m1/s1. The largest absolute Gasteiger partial charge is 0.469 e. The number of rotatable bonds is 4. The van der Waals surface area contributed by atoms with Crippen molar-refractivity contribution in [2.75, 3.05) is 6.61 Å². The molecule has 5 atom stereocenters. The summed E-state index contributed by atoms with van der Waals surface area (Å²) in [6.45, 7) is 19.2. The molecule has 1 unspecified atom stereocenters. The molecule has 24 heavy (non-hydrogen) atoms. The Labute approximate surface area is 145 Å². The van der Waals surface area contributed by atoms with Crippen LogP contribution in [0.1, 0.15) is 46.5 Å². The Hall–Kier alpha value is -1.32. The summed E-state index contributed by atoms with van der Waals surface area (Å²) in [5.74, 6) is 1.43. The van der Waals surface area contributed by atoms with Gasteiger partial charge in [-0.3, -0.25) is 0 Å². The summed E-state index contributed by atoms with van der Waals surface area (Å²) >= 11 is 0. The minimum Gasteiger partial charge on any atom is -0.469 e. The molecule has 0 radical (unpaired) electrons. The molecule has 3 nitrogen and oxygen atoms in total. The van der Waals surface area contributed by atoms with Crippen molar-refractivity contribution in [2.45, 2.75) is 58.3 Å². The van der Waals surface area contributed by atoms with Crippen molar-refractivity contribution in [3.63, 3.8) is 0 Å². The van der Waals surface area contributed by atoms with Crippen LogP contribution in [0.5, 0.6) is 0 Å². The first-order chi connectivity index (χ1) is 11.3. The third kappa shape index (κ3) is 2.49. The van der Waals surface area contributed by atoms with Crippen LogP contribution in [0.4, 0.5) is 0 Å². The number of hydrogen-bond donors (Lipinski definition) is 1. The lowest BCUT2D eigenvalue weighted by atomic mass is 9.61. The Bertz CT molecular complexity index is 615. The third-order valence-electron chi connectivity index (χ3n) is 6.08. The molecule has 1 heterocycles. The van der Waals surface area contributed by atoms with Crippen molar-refractivity contribution in [3.8, 4) is 0 Å². The summed E-state index contributed by atoms with van der Waals surface area (Å²) < 4.78 is 12.2. The van der Waals surface area contributed by atoms with Crippen LogP contribution in [0, 0.1) is 17.8 Å². The van der Waals surface area contributed by atoms with Crippen molar-refractivity contribution in [1.82, 2.24) is 0 Å². The summed E-state index contributed by atoms with van der Waals surface area (Å²) in [6.07, 6.45) is 3.07. The second-order valence-electron chi connectivity index (χ2n) is 7.62. The fourth-order valence-electron chi connectivity index (χ4n) is 4.83. The van der Waals surface area contributed by atoms with Crippen LogP contribution in [-0.2, 0) is 9.47 Å². The van der Waals surface area contributed by atoms with Crippen molar-refractivity contribution in [3.05, 3.63) is 47.8 Å². The molecule has 3 rings (SSSR count). The van der Waals surface area contributed by atoms with Crippen molar-refractivity contribution >= 4 is 0 Å². The lowest BCUT2D eigenvalue weighted by Crippen LogP contribution is -2.48. The normalized spacial score (nSPS) is 38.4. The molecular weight excluding hydrogens is 300 g/mol. The molecule has 0 aromatic carbocycles. The lowest BCUT2D eigenvalue weighted by Gasteiger charge is -2.49. The maximum Gasteiger partial charge on any atom is 0.203 e. The predicted molar refractivity (Wildman–Crippen MR) is 96.2 cm³/mol. The maximum atomic E-state index is 11.3. The van der Waals surface area contributed by atoms with Gasteiger partial charge in [0, 0.05) is 30.4 Å². The molecule has 3 heteroatoms. The molecule has 2 aliphatic carbocycles. The SMILES string of the molecule is C=C1CC[C@H](C(=C)C)[C@H]2[C@@H](OCC)OC3=C([C@H]12)C(O)(C(=C)C)CC3. The highest BCUT2D eigenvalue weighted by Crippen LogP contribution is 2.57. The second kappa shape index (κ2) is 6.20. The van der Waals surface area contributed by atoms with Gasteiger partial charge in [-0.2, -0.15) is 0 Å². The van der Waals surface area contributed by atoms with Gasteiger partial charge in [-0.05, 0) is 51.5 Å². The van der Waals surface area contributed by atoms with Gasteiger partial charge in [0.2, 0.25) is 6.29 Å². The quantitative estimate of drug-likeness (QED) is 0.771. The monoisotopic (exact) mass is 330 g/mol. The summed E-state index contributed by atoms with van der Waals surface area (Å²) in [5.41, 5.74) is 3.14. The van der Waals surface area contributed by atoms with Gasteiger partial charge in [-0.15, -0.1) is 0 Å². The van der Waals surface area contributed by atoms with E-state index in [2.05, 4.69) is 26.7 Å². The molecule has 0 saturated heterocycles. The highest BCUT2D eigenvalue weighted by atomic mass is 16.7. The topological polar surface area (TPSA) is 38.7 Å². The van der Waals surface area contributed by atoms with E-state index in [0.717, 1.165) is 41.7 Å². The molecule has 1 saturated carbocycles. The molecular formula is C21H30O3. The zero-order valence-electron chi connectivity index (χ0n) is 15.2. The average Bonchev–Trinajstić information content (AvgIpc) is 2.86. The first-order valence-corrected chi connectivity index (χ1v) is 9.04. The minimum absolute atomic E-state index is 0.0879. The zero-order chi connectivity index (χ0) is 17.6. The number of fused-ring (bicyclic) bond motifs is 2. The van der Waals surface area contributed by atoms with Gasteiger partial charge in [0.15, 0.2) is 0 Å². The van der Waals surface area contributed by atoms with Crippen LogP contribution in [-0.4, -0.2) is 23.6 Å². The van der Waals surface area contributed by atoms with Crippen molar-refractivity contribution in [2.24, 2.45) is 17.8 Å². The molecule has 3 aliphatic rings. The smallest absolute Gasteiger partial charge is 0.203 e. The van der Waals surface area contributed by atoms with E-state index < -0.39 is 5.60 Å². The first-order valence-electron chi connectivity index (χ1n) is 9.04. The van der Waals surface area contributed by atoms with Gasteiger partial charge in [-0.25, -0.2) is 0 Å². The number of hydrogen-bond acceptors (Lipinski definition) is 3. The first kappa shape index (κ1) is 17.5. The molecule has 1 fully saturated rings. The molecule has 0 bridgehead atoms. The number of allylic oxidation sites excluding steroid dienone is 3. The van der Waals surface area contributed by atoms with E-state index in [1.54, 1.807) is 0 Å². The van der Waals surface area contributed by atoms with Gasteiger partial charge in [-0.1, -0.05) is 30.9 Å². The number of ether oxygens (including phenoxy) is 2. The fourth-order valence-corrected chi connectivity index (χ4v) is 4.83. The van der Waals surface area contributed by atoms with Gasteiger partial charge in [0.1, 0.15) is 11.4 Å². The van der Waals surface area contributed by atoms with Crippen molar-refractivity contribution < 1.29 is 14.6 Å². The summed E-state index contributed by atoms with van der Waals surface area (Å²) in [5, 5.41) is 11.3. The molecule has 1 N–H and O–H groups in total. The van der Waals surface area contributed by atoms with E-state index >= 15 is 0 Å². The van der Waals surface area contributed by atoms with E-state index in [1.807, 2.05) is 13.8 Å². The van der Waals surface area contributed by atoms with E-state index in [9.17, 15) is 5.11 Å². The molecule has 0 aromatic rings. The third-order valence-corrected chi connectivity index (χ3v) is 6.08. The van der Waals surface area contributed by atoms with E-state index in [0.29, 0.717) is 18.9 Å². The van der Waals surface area contributed by atoms with Crippen molar-refractivity contribution in [1.29, 1.82) is 0 Å². The van der Waals surface area contributed by atoms with Gasteiger partial charge in [0.05, 0.1) is 0 Å². The molecule has 0 aromatic heterocycles. The minimum atomic E-state index is -0.977. The highest BCUT2D eigenvalue weighted by Gasteiger charge is 2.55. The Balaban J connectivity index is 2.11. The number of aliphatic hydroxyl groups is 1. The van der Waals surface area contributed by atoms with Gasteiger partial charge < -0.3 is 14.6 Å². The van der Waals surface area contributed by atoms with Crippen LogP contribution < -0.4 is 0 Å². The molecule has 132 valence electrons. The summed E-state index contributed by atoms with van der Waals surface area (Å²) in [6, 6.07) is 0. The van der Waals surface area contributed by atoms with Crippen LogP contribution in [0.3, 0.4) is 0 Å². The Kier molecular flexibility index (Phi) is 4.52. The zero-order valence-corrected chi connectivity index (χ0v) is 15.2. The maximum absolute atomic E-state index is 11.3. The fraction of sp³-hybridized carbons (Fsp3) is 0.619. The Morgan fingerprint density at radius 1 is 1.33 bits per heavy atom. The average molecular weight is 330 g/mol. The highest BCUT2D eigenvalue weighted by molar-refractivity contribution is 5.44. The van der Waals surface area contributed by atoms with Crippen LogP contribution in [0.15, 0.2) is 47.8 Å². The van der Waals surface area contributed by atoms with Gasteiger partial charge >= 0.3 is 0 Å². The molecule has 0 amide bonds. The van der Waals surface area contributed by atoms with Crippen LogP contribution in [0.2, 0.25) is 0 Å². The summed E-state index contributed by atoms with van der Waals surface area (Å²) in [7, 11) is 0. The second-order valence-corrected chi connectivity index (χ2v) is 7.62. The molecule has 0 spiro atoms. The van der Waals surface area contributed by atoms with Gasteiger partial charge in [0.25, 0.3) is 0 Å². The summed E-state index contributed by atoms with van der Waals surface area (Å²) in [4.78, 5) is 0. The van der Waals surface area contributed by atoms with E-state index in [1.165, 1.54) is 5.57 Å². The van der Waals surface area contributed by atoms with Crippen LogP contribution in [0.25, 0.3) is 0 Å². The van der Waals surface area contributed by atoms with Crippen LogP contribution >= 0.6 is 0 Å².